The van der Waals surface area contributed by atoms with Crippen molar-refractivity contribution in [2.75, 3.05) is 19.8 Å². The third-order valence-corrected chi connectivity index (χ3v) is 2.32. The standard InChI is InChI=1S/C10H19NO3/c1-2-13-5-6-14-10(12)7-9(11)8-3-4-8/h8-9H,2-7,11H2,1H3. The number of carbonyl (C=O) groups excluding carboxylic acids is 1. The molecule has 0 aromatic heterocycles. The van der Waals surface area contributed by atoms with Gasteiger partial charge in [0.15, 0.2) is 0 Å². The first-order chi connectivity index (χ1) is 6.74. The second kappa shape index (κ2) is 5.98. The number of nitrogens with two attached hydrogens (primary N) is 1. The van der Waals surface area contributed by atoms with Crippen LogP contribution < -0.4 is 5.73 Å². The Labute approximate surface area is 84.7 Å². The summed E-state index contributed by atoms with van der Waals surface area (Å²) in [6.45, 7) is 3.37. The number of hydrogen-bond acceptors (Lipinski definition) is 4. The summed E-state index contributed by atoms with van der Waals surface area (Å²) < 4.78 is 9.99. The van der Waals surface area contributed by atoms with Crippen LogP contribution in [0.4, 0.5) is 0 Å². The van der Waals surface area contributed by atoms with Crippen LogP contribution in [0.5, 0.6) is 0 Å². The van der Waals surface area contributed by atoms with Crippen molar-refractivity contribution in [2.24, 2.45) is 11.7 Å². The predicted molar refractivity (Wildman–Crippen MR) is 52.8 cm³/mol. The van der Waals surface area contributed by atoms with Crippen molar-refractivity contribution in [3.05, 3.63) is 0 Å². The van der Waals surface area contributed by atoms with E-state index in [0.29, 0.717) is 32.2 Å². The molecular formula is C10H19NO3. The molecule has 1 rings (SSSR count). The highest BCUT2D eigenvalue weighted by molar-refractivity contribution is 5.70. The van der Waals surface area contributed by atoms with E-state index in [2.05, 4.69) is 0 Å². The Morgan fingerprint density at radius 1 is 1.50 bits per heavy atom. The van der Waals surface area contributed by atoms with Gasteiger partial charge in [0.25, 0.3) is 0 Å². The summed E-state index contributed by atoms with van der Waals surface area (Å²) in [6.07, 6.45) is 2.66. The zero-order valence-corrected chi connectivity index (χ0v) is 8.70. The molecule has 0 amide bonds. The molecule has 0 spiro atoms. The molecule has 1 fully saturated rings. The SMILES string of the molecule is CCOCCOC(=O)CC(N)C1CC1. The van der Waals surface area contributed by atoms with Gasteiger partial charge in [0.2, 0.25) is 0 Å². The molecule has 0 aliphatic heterocycles. The average molecular weight is 201 g/mol. The Kier molecular flexibility index (Phi) is 4.90. The third kappa shape index (κ3) is 4.58. The van der Waals surface area contributed by atoms with Crippen LogP contribution in [0.15, 0.2) is 0 Å². The van der Waals surface area contributed by atoms with E-state index < -0.39 is 0 Å². The van der Waals surface area contributed by atoms with E-state index in [1.807, 2.05) is 6.92 Å². The molecule has 1 aliphatic rings. The van der Waals surface area contributed by atoms with Gasteiger partial charge in [-0.3, -0.25) is 4.79 Å². The molecule has 1 atom stereocenters. The quantitative estimate of drug-likeness (QED) is 0.486. The number of rotatable bonds is 7. The minimum absolute atomic E-state index is 0.00501. The van der Waals surface area contributed by atoms with E-state index in [9.17, 15) is 4.79 Å². The first kappa shape index (κ1) is 11.5. The summed E-state index contributed by atoms with van der Waals surface area (Å²) in [5.74, 6) is 0.346. The topological polar surface area (TPSA) is 61.5 Å². The lowest BCUT2D eigenvalue weighted by atomic mass is 10.1. The maximum atomic E-state index is 11.2. The Morgan fingerprint density at radius 3 is 2.79 bits per heavy atom. The van der Waals surface area contributed by atoms with Crippen LogP contribution in [0.3, 0.4) is 0 Å². The van der Waals surface area contributed by atoms with Crippen LogP contribution in [0.2, 0.25) is 0 Å². The van der Waals surface area contributed by atoms with Crippen LogP contribution in [0, 0.1) is 5.92 Å². The van der Waals surface area contributed by atoms with Crippen molar-refractivity contribution in [1.82, 2.24) is 0 Å². The van der Waals surface area contributed by atoms with Gasteiger partial charge in [-0.2, -0.15) is 0 Å². The summed E-state index contributed by atoms with van der Waals surface area (Å²) in [5, 5.41) is 0. The summed E-state index contributed by atoms with van der Waals surface area (Å²) in [5.41, 5.74) is 5.78. The van der Waals surface area contributed by atoms with Gasteiger partial charge in [0, 0.05) is 12.6 Å². The molecular weight excluding hydrogens is 182 g/mol. The van der Waals surface area contributed by atoms with E-state index >= 15 is 0 Å². The van der Waals surface area contributed by atoms with Crippen molar-refractivity contribution in [3.8, 4) is 0 Å². The van der Waals surface area contributed by atoms with Crippen LogP contribution in [-0.4, -0.2) is 31.8 Å². The molecule has 1 saturated carbocycles. The van der Waals surface area contributed by atoms with Crippen molar-refractivity contribution >= 4 is 5.97 Å². The third-order valence-electron chi connectivity index (χ3n) is 2.32. The molecule has 4 heteroatoms. The first-order valence-corrected chi connectivity index (χ1v) is 5.23. The van der Waals surface area contributed by atoms with Crippen molar-refractivity contribution in [3.63, 3.8) is 0 Å². The minimum atomic E-state index is -0.205. The van der Waals surface area contributed by atoms with Gasteiger partial charge < -0.3 is 15.2 Å². The molecule has 82 valence electrons. The highest BCUT2D eigenvalue weighted by atomic mass is 16.6. The maximum absolute atomic E-state index is 11.2. The Hall–Kier alpha value is -0.610. The van der Waals surface area contributed by atoms with E-state index in [-0.39, 0.29) is 12.0 Å². The summed E-state index contributed by atoms with van der Waals surface area (Å²) >= 11 is 0. The van der Waals surface area contributed by atoms with Gasteiger partial charge in [0.1, 0.15) is 6.61 Å². The lowest BCUT2D eigenvalue weighted by Crippen LogP contribution is -2.27. The van der Waals surface area contributed by atoms with Gasteiger partial charge in [-0.25, -0.2) is 0 Å². The van der Waals surface area contributed by atoms with Crippen LogP contribution in [-0.2, 0) is 14.3 Å². The summed E-state index contributed by atoms with van der Waals surface area (Å²) in [6, 6.07) is -0.00501. The predicted octanol–water partition coefficient (Wildman–Crippen LogP) is 0.694. The zero-order chi connectivity index (χ0) is 10.4. The van der Waals surface area contributed by atoms with Gasteiger partial charge >= 0.3 is 5.97 Å². The zero-order valence-electron chi connectivity index (χ0n) is 8.70. The number of hydrogen-bond donors (Lipinski definition) is 1. The Balaban J connectivity index is 1.97. The highest BCUT2D eigenvalue weighted by Gasteiger charge is 2.30. The number of carbonyl (C=O) groups is 1. The second-order valence-electron chi connectivity index (χ2n) is 3.62. The molecule has 0 heterocycles. The normalized spacial score (nSPS) is 17.9. The molecule has 1 aliphatic carbocycles. The lowest BCUT2D eigenvalue weighted by Gasteiger charge is -2.09. The monoisotopic (exact) mass is 201 g/mol. The van der Waals surface area contributed by atoms with Crippen molar-refractivity contribution in [2.45, 2.75) is 32.2 Å². The molecule has 0 bridgehead atoms. The highest BCUT2D eigenvalue weighted by Crippen LogP contribution is 2.32. The number of esters is 1. The van der Waals surface area contributed by atoms with Crippen LogP contribution >= 0.6 is 0 Å². The molecule has 4 nitrogen and oxygen atoms in total. The fourth-order valence-corrected chi connectivity index (χ4v) is 1.30. The van der Waals surface area contributed by atoms with Crippen molar-refractivity contribution < 1.29 is 14.3 Å². The van der Waals surface area contributed by atoms with E-state index in [1.165, 1.54) is 0 Å². The largest absolute Gasteiger partial charge is 0.463 e. The molecule has 0 aromatic rings. The molecule has 14 heavy (non-hydrogen) atoms. The molecule has 2 N–H and O–H groups in total. The minimum Gasteiger partial charge on any atom is -0.463 e. The van der Waals surface area contributed by atoms with Crippen molar-refractivity contribution in [1.29, 1.82) is 0 Å². The van der Waals surface area contributed by atoms with Gasteiger partial charge in [0.05, 0.1) is 13.0 Å². The van der Waals surface area contributed by atoms with Gasteiger partial charge in [-0.05, 0) is 25.7 Å². The second-order valence-corrected chi connectivity index (χ2v) is 3.62. The summed E-state index contributed by atoms with van der Waals surface area (Å²) in [4.78, 5) is 11.2. The lowest BCUT2D eigenvalue weighted by molar-refractivity contribution is -0.145. The maximum Gasteiger partial charge on any atom is 0.307 e. The Bertz CT molecular complexity index is 180. The Morgan fingerprint density at radius 2 is 2.21 bits per heavy atom. The van der Waals surface area contributed by atoms with Crippen LogP contribution in [0.1, 0.15) is 26.2 Å². The fourth-order valence-electron chi connectivity index (χ4n) is 1.30. The smallest absolute Gasteiger partial charge is 0.307 e. The van der Waals surface area contributed by atoms with E-state index in [4.69, 9.17) is 15.2 Å². The average Bonchev–Trinajstić information content (AvgIpc) is 2.95. The summed E-state index contributed by atoms with van der Waals surface area (Å²) in [7, 11) is 0. The van der Waals surface area contributed by atoms with Gasteiger partial charge in [-0.1, -0.05) is 0 Å². The van der Waals surface area contributed by atoms with Gasteiger partial charge in [-0.15, -0.1) is 0 Å². The first-order valence-electron chi connectivity index (χ1n) is 5.23. The van der Waals surface area contributed by atoms with E-state index in [1.54, 1.807) is 0 Å². The fraction of sp³-hybridized carbons (Fsp3) is 0.900. The van der Waals surface area contributed by atoms with Crippen LogP contribution in [0.25, 0.3) is 0 Å². The number of ether oxygens (including phenoxy) is 2. The van der Waals surface area contributed by atoms with E-state index in [0.717, 1.165) is 12.8 Å². The molecule has 0 radical (unpaired) electrons. The molecule has 1 unspecified atom stereocenters. The molecule has 0 saturated heterocycles. The molecule has 0 aromatic carbocycles.